The Hall–Kier alpha value is -2.37. The number of hydrogen-bond acceptors (Lipinski definition) is 4. The van der Waals surface area contributed by atoms with Crippen molar-refractivity contribution in [1.82, 2.24) is 14.8 Å². The largest absolute Gasteiger partial charge is 0.444 e. The Balaban J connectivity index is 2.19. The lowest BCUT2D eigenvalue weighted by Crippen LogP contribution is -2.27. The Morgan fingerprint density at radius 2 is 2.05 bits per heavy atom. The second kappa shape index (κ2) is 5.55. The number of aryl methyl sites for hydroxylation is 2. The molecule has 0 fully saturated rings. The predicted molar refractivity (Wildman–Crippen MR) is 81.0 cm³/mol. The molecule has 0 spiro atoms. The third kappa shape index (κ3) is 4.05. The molecular weight excluding hydrogens is 268 g/mol. The third-order valence-electron chi connectivity index (χ3n) is 2.71. The van der Waals surface area contributed by atoms with Crippen LogP contribution in [0, 0.1) is 6.92 Å². The van der Waals surface area contributed by atoms with Crippen molar-refractivity contribution in [2.75, 3.05) is 5.32 Å². The van der Waals surface area contributed by atoms with Gasteiger partial charge in [0.2, 0.25) is 0 Å². The van der Waals surface area contributed by atoms with Gasteiger partial charge in [0.05, 0.1) is 17.6 Å². The van der Waals surface area contributed by atoms with E-state index in [1.807, 2.05) is 47.0 Å². The molecule has 0 atom stereocenters. The number of carbonyl (C=O) groups excluding carboxylic acids is 1. The first-order chi connectivity index (χ1) is 9.74. The van der Waals surface area contributed by atoms with E-state index in [-0.39, 0.29) is 0 Å². The van der Waals surface area contributed by atoms with Gasteiger partial charge in [-0.1, -0.05) is 0 Å². The Bertz CT molecular complexity index is 656. The smallest absolute Gasteiger partial charge is 0.412 e. The highest BCUT2D eigenvalue weighted by Gasteiger charge is 2.16. The number of ether oxygens (including phenoxy) is 1. The predicted octanol–water partition coefficient (Wildman–Crippen LogP) is 3.14. The first kappa shape index (κ1) is 15.0. The molecule has 21 heavy (non-hydrogen) atoms. The van der Waals surface area contributed by atoms with Crippen LogP contribution < -0.4 is 5.32 Å². The number of hydrogen-bond donors (Lipinski definition) is 1. The number of nitrogens with one attached hydrogen (secondary N) is 1. The molecule has 6 nitrogen and oxygen atoms in total. The molecule has 2 rings (SSSR count). The molecule has 0 unspecified atom stereocenters. The van der Waals surface area contributed by atoms with E-state index in [9.17, 15) is 4.79 Å². The zero-order chi connectivity index (χ0) is 15.6. The lowest BCUT2D eigenvalue weighted by molar-refractivity contribution is 0.0636. The molecule has 0 saturated heterocycles. The van der Waals surface area contributed by atoms with Gasteiger partial charge >= 0.3 is 6.09 Å². The van der Waals surface area contributed by atoms with Crippen molar-refractivity contribution >= 4 is 11.8 Å². The summed E-state index contributed by atoms with van der Waals surface area (Å²) in [5.41, 5.74) is 2.85. The van der Waals surface area contributed by atoms with Crippen LogP contribution in [0.5, 0.6) is 0 Å². The standard InChI is InChI=1S/C15H20N4O2/c1-10-13(9-19(5)18-10)11-6-12(8-16-7-11)17-14(20)21-15(2,3)4/h6-9H,1-5H3,(H,17,20). The Morgan fingerprint density at radius 3 is 2.62 bits per heavy atom. The molecule has 6 heteroatoms. The highest BCUT2D eigenvalue weighted by Crippen LogP contribution is 2.24. The van der Waals surface area contributed by atoms with E-state index in [0.717, 1.165) is 16.8 Å². The molecule has 0 bridgehead atoms. The summed E-state index contributed by atoms with van der Waals surface area (Å²) in [6.07, 6.45) is 4.75. The Labute approximate surface area is 124 Å². The van der Waals surface area contributed by atoms with Crippen LogP contribution in [0.1, 0.15) is 26.5 Å². The first-order valence-electron chi connectivity index (χ1n) is 6.70. The van der Waals surface area contributed by atoms with Crippen molar-refractivity contribution in [3.05, 3.63) is 30.4 Å². The van der Waals surface area contributed by atoms with Gasteiger partial charge < -0.3 is 4.74 Å². The average Bonchev–Trinajstić information content (AvgIpc) is 2.66. The van der Waals surface area contributed by atoms with Crippen molar-refractivity contribution < 1.29 is 9.53 Å². The Kier molecular flexibility index (Phi) is 3.97. The molecule has 0 aliphatic rings. The van der Waals surface area contributed by atoms with E-state index in [1.54, 1.807) is 17.1 Å². The SMILES string of the molecule is Cc1nn(C)cc1-c1cncc(NC(=O)OC(C)(C)C)c1. The van der Waals surface area contributed by atoms with Crippen LogP contribution in [0.15, 0.2) is 24.7 Å². The van der Waals surface area contributed by atoms with Crippen LogP contribution >= 0.6 is 0 Å². The van der Waals surface area contributed by atoms with E-state index in [4.69, 9.17) is 4.74 Å². The molecular formula is C15H20N4O2. The van der Waals surface area contributed by atoms with Crippen LogP contribution in [-0.2, 0) is 11.8 Å². The third-order valence-corrected chi connectivity index (χ3v) is 2.71. The van der Waals surface area contributed by atoms with Crippen molar-refractivity contribution in [3.63, 3.8) is 0 Å². The molecule has 2 heterocycles. The Morgan fingerprint density at radius 1 is 1.33 bits per heavy atom. The summed E-state index contributed by atoms with van der Waals surface area (Å²) in [6, 6.07) is 1.85. The zero-order valence-electron chi connectivity index (χ0n) is 13.0. The van der Waals surface area contributed by atoms with Gasteiger partial charge in [0.25, 0.3) is 0 Å². The van der Waals surface area contributed by atoms with Crippen molar-refractivity contribution in [1.29, 1.82) is 0 Å². The van der Waals surface area contributed by atoms with Gasteiger partial charge in [-0.25, -0.2) is 4.79 Å². The maximum atomic E-state index is 11.8. The second-order valence-corrected chi connectivity index (χ2v) is 5.89. The van der Waals surface area contributed by atoms with Crippen molar-refractivity contribution in [3.8, 4) is 11.1 Å². The van der Waals surface area contributed by atoms with Gasteiger partial charge in [-0.2, -0.15) is 5.10 Å². The fourth-order valence-electron chi connectivity index (χ4n) is 1.96. The minimum Gasteiger partial charge on any atom is -0.444 e. The molecule has 0 aliphatic carbocycles. The van der Waals surface area contributed by atoms with Crippen LogP contribution in [-0.4, -0.2) is 26.5 Å². The number of rotatable bonds is 2. The van der Waals surface area contributed by atoms with Gasteiger partial charge in [-0.05, 0) is 33.8 Å². The summed E-state index contributed by atoms with van der Waals surface area (Å²) >= 11 is 0. The summed E-state index contributed by atoms with van der Waals surface area (Å²) in [7, 11) is 1.87. The maximum Gasteiger partial charge on any atom is 0.412 e. The average molecular weight is 288 g/mol. The second-order valence-electron chi connectivity index (χ2n) is 5.89. The highest BCUT2D eigenvalue weighted by atomic mass is 16.6. The zero-order valence-corrected chi connectivity index (χ0v) is 13.0. The molecule has 0 aliphatic heterocycles. The maximum absolute atomic E-state index is 11.8. The van der Waals surface area contributed by atoms with Gasteiger partial charge in [0, 0.05) is 30.6 Å². The molecule has 0 radical (unpaired) electrons. The normalized spacial score (nSPS) is 11.3. The van der Waals surface area contributed by atoms with Crippen LogP contribution in [0.25, 0.3) is 11.1 Å². The van der Waals surface area contributed by atoms with E-state index >= 15 is 0 Å². The molecule has 2 aromatic heterocycles. The van der Waals surface area contributed by atoms with Crippen molar-refractivity contribution in [2.45, 2.75) is 33.3 Å². The van der Waals surface area contributed by atoms with E-state index in [1.165, 1.54) is 0 Å². The monoisotopic (exact) mass is 288 g/mol. The first-order valence-corrected chi connectivity index (χ1v) is 6.70. The number of aromatic nitrogens is 3. The lowest BCUT2D eigenvalue weighted by Gasteiger charge is -2.19. The van der Waals surface area contributed by atoms with Gasteiger partial charge in [0.1, 0.15) is 5.60 Å². The topological polar surface area (TPSA) is 69.0 Å². The van der Waals surface area contributed by atoms with Crippen molar-refractivity contribution in [2.24, 2.45) is 7.05 Å². The number of amides is 1. The lowest BCUT2D eigenvalue weighted by atomic mass is 10.1. The molecule has 0 aromatic carbocycles. The van der Waals surface area contributed by atoms with E-state index < -0.39 is 11.7 Å². The summed E-state index contributed by atoms with van der Waals surface area (Å²) in [6.45, 7) is 7.39. The van der Waals surface area contributed by atoms with Crippen LogP contribution in [0.3, 0.4) is 0 Å². The number of carbonyl (C=O) groups is 1. The summed E-state index contributed by atoms with van der Waals surface area (Å²) < 4.78 is 6.97. The van der Waals surface area contributed by atoms with E-state index in [2.05, 4.69) is 15.4 Å². The quantitative estimate of drug-likeness (QED) is 0.921. The minimum absolute atomic E-state index is 0.496. The van der Waals surface area contributed by atoms with Gasteiger partial charge in [0.15, 0.2) is 0 Å². The van der Waals surface area contributed by atoms with Crippen LogP contribution in [0.2, 0.25) is 0 Å². The number of nitrogens with zero attached hydrogens (tertiary/aromatic N) is 3. The van der Waals surface area contributed by atoms with E-state index in [0.29, 0.717) is 5.69 Å². The molecule has 1 amide bonds. The van der Waals surface area contributed by atoms with Gasteiger partial charge in [-0.15, -0.1) is 0 Å². The minimum atomic E-state index is -0.533. The van der Waals surface area contributed by atoms with Gasteiger partial charge in [-0.3, -0.25) is 15.0 Å². The molecule has 0 saturated carbocycles. The number of pyridine rings is 1. The molecule has 112 valence electrons. The summed E-state index contributed by atoms with van der Waals surface area (Å²) in [5.74, 6) is 0. The van der Waals surface area contributed by atoms with Crippen LogP contribution in [0.4, 0.5) is 10.5 Å². The fourth-order valence-corrected chi connectivity index (χ4v) is 1.96. The fraction of sp³-hybridized carbons (Fsp3) is 0.400. The summed E-state index contributed by atoms with van der Waals surface area (Å²) in [5, 5.41) is 6.99. The molecule has 2 aromatic rings. The highest BCUT2D eigenvalue weighted by molar-refractivity contribution is 5.85. The number of anilines is 1. The summed E-state index contributed by atoms with van der Waals surface area (Å²) in [4.78, 5) is 15.9. The molecule has 1 N–H and O–H groups in total.